The number of hydrogen-bond donors (Lipinski definition) is 3. The Hall–Kier alpha value is -2.51. The molecule has 0 spiro atoms. The van der Waals surface area contributed by atoms with Crippen molar-refractivity contribution >= 4 is 40.6 Å². The molecule has 1 amide bonds. The van der Waals surface area contributed by atoms with E-state index in [1.807, 2.05) is 0 Å². The lowest BCUT2D eigenvalue weighted by Crippen LogP contribution is -2.54. The molecule has 0 aliphatic carbocycles. The number of nitrogens with zero attached hydrogens (tertiary/aromatic N) is 2. The number of pyridine rings is 1. The number of hydrogen-bond acceptors (Lipinski definition) is 7. The molecule has 1 aliphatic heterocycles. The highest BCUT2D eigenvalue weighted by Crippen LogP contribution is 2.35. The van der Waals surface area contributed by atoms with Crippen LogP contribution in [0.1, 0.15) is 35.2 Å². The molecule has 2 atom stereocenters. The lowest BCUT2D eigenvalue weighted by molar-refractivity contribution is -0.137. The predicted octanol–water partition coefficient (Wildman–Crippen LogP) is 3.88. The summed E-state index contributed by atoms with van der Waals surface area (Å²) in [5.41, 5.74) is 5.52. The molecule has 38 heavy (non-hydrogen) atoms. The van der Waals surface area contributed by atoms with E-state index in [1.54, 1.807) is 7.11 Å². The standard InChI is InChI=1S/C24H30Cl2F3N5O3.H2O/c1-36-20-11-18(30)17(26)10-15(20)23(35)33-19-5-8-34(13-21(19)37-2)7-4-3-6-31-22-16(24(27,28)29)9-14(25)12-32-22;/h9-12,19,21H,3-8,13,30H2,1-2H3,(H,31,32)(H,33,35);1H2. The predicted molar refractivity (Wildman–Crippen MR) is 141 cm³/mol. The molecule has 2 heterocycles. The molecule has 1 aliphatic rings. The van der Waals surface area contributed by atoms with E-state index in [4.69, 9.17) is 38.4 Å². The van der Waals surface area contributed by atoms with E-state index in [2.05, 4.69) is 20.5 Å². The second-order valence-corrected chi connectivity index (χ2v) is 9.54. The molecular formula is C24H32Cl2F3N5O4. The van der Waals surface area contributed by atoms with Gasteiger partial charge >= 0.3 is 6.18 Å². The summed E-state index contributed by atoms with van der Waals surface area (Å²) in [6, 6.07) is 3.64. The fourth-order valence-corrected chi connectivity index (χ4v) is 4.53. The summed E-state index contributed by atoms with van der Waals surface area (Å²) in [6.45, 7) is 2.41. The Bertz CT molecular complexity index is 1090. The van der Waals surface area contributed by atoms with Crippen molar-refractivity contribution in [3.05, 3.63) is 45.6 Å². The smallest absolute Gasteiger partial charge is 0.420 e. The summed E-state index contributed by atoms with van der Waals surface area (Å²) in [5, 5.41) is 5.96. The Kier molecular flexibility index (Phi) is 11.7. The average Bonchev–Trinajstić information content (AvgIpc) is 2.85. The van der Waals surface area contributed by atoms with Crippen LogP contribution in [0.4, 0.5) is 24.7 Å². The van der Waals surface area contributed by atoms with Crippen LogP contribution in [0.5, 0.6) is 5.75 Å². The van der Waals surface area contributed by atoms with Gasteiger partial charge in [-0.3, -0.25) is 4.79 Å². The van der Waals surface area contributed by atoms with Gasteiger partial charge in [0.2, 0.25) is 0 Å². The second-order valence-electron chi connectivity index (χ2n) is 8.70. The van der Waals surface area contributed by atoms with E-state index in [1.165, 1.54) is 25.4 Å². The number of benzene rings is 1. The van der Waals surface area contributed by atoms with Gasteiger partial charge in [0.1, 0.15) is 11.6 Å². The molecule has 1 aromatic carbocycles. The molecule has 14 heteroatoms. The van der Waals surface area contributed by atoms with Crippen LogP contribution in [0, 0.1) is 0 Å². The van der Waals surface area contributed by atoms with Gasteiger partial charge in [-0.05, 0) is 37.9 Å². The van der Waals surface area contributed by atoms with Gasteiger partial charge in [0, 0.05) is 39.0 Å². The fourth-order valence-electron chi connectivity index (χ4n) is 4.21. The largest absolute Gasteiger partial charge is 0.496 e. The maximum Gasteiger partial charge on any atom is 0.420 e. The van der Waals surface area contributed by atoms with Crippen LogP contribution in [-0.2, 0) is 10.9 Å². The zero-order valence-electron chi connectivity index (χ0n) is 21.0. The number of nitrogen functional groups attached to an aromatic ring is 1. The van der Waals surface area contributed by atoms with Crippen LogP contribution in [0.2, 0.25) is 10.0 Å². The Morgan fingerprint density at radius 1 is 1.24 bits per heavy atom. The number of carbonyl (C=O) groups is 1. The second kappa shape index (κ2) is 14.0. The molecular weight excluding hydrogens is 550 g/mol. The van der Waals surface area contributed by atoms with Crippen molar-refractivity contribution in [1.82, 2.24) is 15.2 Å². The lowest BCUT2D eigenvalue weighted by Gasteiger charge is -2.38. The molecule has 2 aromatic rings. The van der Waals surface area contributed by atoms with Gasteiger partial charge in [-0.15, -0.1) is 0 Å². The van der Waals surface area contributed by atoms with Crippen molar-refractivity contribution in [2.75, 3.05) is 51.4 Å². The summed E-state index contributed by atoms with van der Waals surface area (Å²) in [5.74, 6) is -0.234. The number of nitrogens with one attached hydrogen (secondary N) is 2. The summed E-state index contributed by atoms with van der Waals surface area (Å²) in [4.78, 5) is 18.9. The third-order valence-corrected chi connectivity index (χ3v) is 6.71. The summed E-state index contributed by atoms with van der Waals surface area (Å²) < 4.78 is 50.5. The molecule has 0 radical (unpaired) electrons. The summed E-state index contributed by atoms with van der Waals surface area (Å²) >= 11 is 11.8. The molecule has 1 saturated heterocycles. The zero-order chi connectivity index (χ0) is 27.2. The average molecular weight is 582 g/mol. The van der Waals surface area contributed by atoms with Crippen molar-refractivity contribution in [1.29, 1.82) is 0 Å². The number of nitrogens with two attached hydrogens (primary N) is 1. The van der Waals surface area contributed by atoms with Crippen molar-refractivity contribution < 1.29 is 32.9 Å². The van der Waals surface area contributed by atoms with Gasteiger partial charge in [-0.2, -0.15) is 13.2 Å². The number of likely N-dealkylation sites (tertiary alicyclic amines) is 1. The number of ether oxygens (including phenoxy) is 2. The van der Waals surface area contributed by atoms with E-state index in [-0.39, 0.29) is 45.0 Å². The lowest BCUT2D eigenvalue weighted by atomic mass is 10.0. The number of piperidine rings is 1. The van der Waals surface area contributed by atoms with Gasteiger partial charge in [-0.1, -0.05) is 23.2 Å². The SMILES string of the molecule is COc1cc(N)c(Cl)cc1C(=O)NC1CCN(CCCCNc2ncc(Cl)cc2C(F)(F)F)CC1OC.O. The van der Waals surface area contributed by atoms with E-state index in [0.717, 1.165) is 25.6 Å². The first-order valence-electron chi connectivity index (χ1n) is 11.7. The van der Waals surface area contributed by atoms with Crippen LogP contribution in [0.25, 0.3) is 0 Å². The van der Waals surface area contributed by atoms with Crippen molar-refractivity contribution in [3.8, 4) is 5.75 Å². The summed E-state index contributed by atoms with van der Waals surface area (Å²) in [6.07, 6.45) is -1.52. The van der Waals surface area contributed by atoms with Crippen LogP contribution >= 0.6 is 23.2 Å². The number of unbranched alkanes of at least 4 members (excludes halogenated alkanes) is 1. The van der Waals surface area contributed by atoms with Gasteiger partial charge in [0.25, 0.3) is 5.91 Å². The Balaban J connectivity index is 0.00000507. The molecule has 0 saturated carbocycles. The number of rotatable bonds is 10. The first kappa shape index (κ1) is 31.7. The highest BCUT2D eigenvalue weighted by atomic mass is 35.5. The summed E-state index contributed by atoms with van der Waals surface area (Å²) in [7, 11) is 3.04. The normalized spacial score (nSPS) is 18.0. The molecule has 6 N–H and O–H groups in total. The molecule has 2 unspecified atom stereocenters. The minimum absolute atomic E-state index is 0. The van der Waals surface area contributed by atoms with Crippen molar-refractivity contribution in [2.24, 2.45) is 0 Å². The number of carbonyl (C=O) groups excluding carboxylic acids is 1. The maximum absolute atomic E-state index is 13.2. The van der Waals surface area contributed by atoms with Gasteiger partial charge in [-0.25, -0.2) is 4.98 Å². The van der Waals surface area contributed by atoms with E-state index < -0.39 is 11.7 Å². The monoisotopic (exact) mass is 581 g/mol. The Morgan fingerprint density at radius 3 is 2.63 bits per heavy atom. The van der Waals surface area contributed by atoms with Crippen molar-refractivity contribution in [2.45, 2.75) is 37.6 Å². The molecule has 3 rings (SSSR count). The molecule has 1 fully saturated rings. The van der Waals surface area contributed by atoms with Crippen LogP contribution < -0.4 is 21.1 Å². The molecule has 1 aromatic heterocycles. The highest BCUT2D eigenvalue weighted by Gasteiger charge is 2.35. The minimum Gasteiger partial charge on any atom is -0.496 e. The van der Waals surface area contributed by atoms with Gasteiger partial charge in [0.15, 0.2) is 0 Å². The molecule has 212 valence electrons. The van der Waals surface area contributed by atoms with E-state index in [9.17, 15) is 18.0 Å². The van der Waals surface area contributed by atoms with Crippen LogP contribution in [-0.4, -0.2) is 73.8 Å². The van der Waals surface area contributed by atoms with Gasteiger partial charge < -0.3 is 36.2 Å². The number of halogens is 5. The molecule has 9 nitrogen and oxygen atoms in total. The minimum atomic E-state index is -4.54. The number of alkyl halides is 3. The number of methoxy groups -OCH3 is 2. The fraction of sp³-hybridized carbons (Fsp3) is 0.500. The zero-order valence-corrected chi connectivity index (χ0v) is 22.5. The first-order valence-corrected chi connectivity index (χ1v) is 12.4. The van der Waals surface area contributed by atoms with Crippen LogP contribution in [0.3, 0.4) is 0 Å². The van der Waals surface area contributed by atoms with Crippen LogP contribution in [0.15, 0.2) is 24.4 Å². The number of aromatic nitrogens is 1. The van der Waals surface area contributed by atoms with E-state index >= 15 is 0 Å². The Morgan fingerprint density at radius 2 is 1.97 bits per heavy atom. The number of anilines is 2. The maximum atomic E-state index is 13.2. The third-order valence-electron chi connectivity index (χ3n) is 6.18. The quantitative estimate of drug-likeness (QED) is 0.286. The van der Waals surface area contributed by atoms with Gasteiger partial charge in [0.05, 0.1) is 46.1 Å². The number of amides is 1. The highest BCUT2D eigenvalue weighted by molar-refractivity contribution is 6.33. The molecule has 0 bridgehead atoms. The first-order chi connectivity index (χ1) is 17.5. The third kappa shape index (κ3) is 8.24. The Labute approximate surface area is 229 Å². The topological polar surface area (TPSA) is 133 Å². The van der Waals surface area contributed by atoms with Crippen molar-refractivity contribution in [3.63, 3.8) is 0 Å². The van der Waals surface area contributed by atoms with E-state index in [0.29, 0.717) is 37.4 Å².